The van der Waals surface area contributed by atoms with E-state index in [2.05, 4.69) is 10.6 Å². The fourth-order valence-corrected chi connectivity index (χ4v) is 12.2. The van der Waals surface area contributed by atoms with Crippen molar-refractivity contribution in [1.29, 1.82) is 0 Å². The number of amides is 2. The van der Waals surface area contributed by atoms with Crippen molar-refractivity contribution in [2.75, 3.05) is 19.2 Å². The minimum Gasteiger partial charge on any atom is -0.507 e. The largest absolute Gasteiger partial charge is 0.507 e. The zero-order chi connectivity index (χ0) is 40.4. The van der Waals surface area contributed by atoms with E-state index in [0.29, 0.717) is 0 Å². The van der Waals surface area contributed by atoms with Crippen molar-refractivity contribution >= 4 is 102 Å². The van der Waals surface area contributed by atoms with Crippen LogP contribution in [0.5, 0.6) is 11.5 Å². The number of hydrogen-bond acceptors (Lipinski definition) is 11. The van der Waals surface area contributed by atoms with Crippen molar-refractivity contribution in [1.82, 2.24) is 0 Å². The predicted molar refractivity (Wildman–Crippen MR) is 205 cm³/mol. The number of phenols is 2. The highest BCUT2D eigenvalue weighted by Crippen LogP contribution is 2.51. The molecule has 0 radical (unpaired) electrons. The fraction of sp³-hybridized carbons (Fsp3) is 0.0571. The fourth-order valence-electron chi connectivity index (χ4n) is 7.21. The zero-order valence-corrected chi connectivity index (χ0v) is 31.8. The first-order chi connectivity index (χ1) is 26.2. The summed E-state index contributed by atoms with van der Waals surface area (Å²) in [7, 11) is -19.0. The van der Waals surface area contributed by atoms with Crippen LogP contribution in [0, 0.1) is 13.8 Å². The van der Waals surface area contributed by atoms with Crippen molar-refractivity contribution in [2.24, 2.45) is 0 Å². The highest BCUT2D eigenvalue weighted by atomic mass is 32.2. The van der Waals surface area contributed by atoms with Gasteiger partial charge in [0.1, 0.15) is 31.1 Å². The number of nitrogens with zero attached hydrogens (tertiary/aromatic N) is 2. The van der Waals surface area contributed by atoms with Crippen LogP contribution >= 0.6 is 0 Å². The van der Waals surface area contributed by atoms with E-state index in [4.69, 9.17) is 0 Å². The van der Waals surface area contributed by atoms with Crippen LogP contribution in [0.2, 0.25) is 0 Å². The summed E-state index contributed by atoms with van der Waals surface area (Å²) in [5, 5.41) is 25.3. The molecule has 10 rings (SSSR count). The van der Waals surface area contributed by atoms with Crippen LogP contribution in [0.1, 0.15) is 11.1 Å². The van der Waals surface area contributed by atoms with Crippen LogP contribution < -0.4 is 19.2 Å². The van der Waals surface area contributed by atoms with Gasteiger partial charge in [-0.1, -0.05) is 24.3 Å². The van der Waals surface area contributed by atoms with Gasteiger partial charge in [0, 0.05) is 21.5 Å². The molecule has 0 aliphatic carbocycles. The molecule has 6 aromatic carbocycles. The maximum atomic E-state index is 14.2. The number of aromatic hydroxyl groups is 2. The summed E-state index contributed by atoms with van der Waals surface area (Å²) in [6, 6.07) is 16.2. The van der Waals surface area contributed by atoms with Crippen molar-refractivity contribution in [3.05, 3.63) is 96.1 Å². The topological polar surface area (TPSA) is 265 Å². The lowest BCUT2D eigenvalue weighted by atomic mass is 10.1. The molecule has 17 nitrogen and oxygen atoms in total. The molecular weight excluding hydrogens is 813 g/mol. The summed E-state index contributed by atoms with van der Waals surface area (Å²) in [6.45, 7) is 2.96. The van der Waals surface area contributed by atoms with Crippen LogP contribution in [-0.2, 0) is 40.3 Å². The van der Waals surface area contributed by atoms with E-state index in [1.807, 2.05) is 0 Å². The average Bonchev–Trinajstić information content (AvgIpc) is 3.11. The number of carbonyl (C=O) groups excluding carboxylic acids is 1. The lowest BCUT2D eigenvalue weighted by molar-refractivity contribution is 0.262. The molecule has 0 saturated carbocycles. The van der Waals surface area contributed by atoms with Crippen LogP contribution in [0.4, 0.5) is 38.9 Å². The maximum absolute atomic E-state index is 14.2. The van der Waals surface area contributed by atoms with Gasteiger partial charge >= 0.3 is 6.03 Å². The van der Waals surface area contributed by atoms with Crippen LogP contribution in [0.25, 0.3) is 21.5 Å². The number of anilines is 6. The minimum absolute atomic E-state index is 0.0176. The summed E-state index contributed by atoms with van der Waals surface area (Å²) in [6.07, 6.45) is 0. The van der Waals surface area contributed by atoms with Crippen LogP contribution in [0.3, 0.4) is 0 Å². The van der Waals surface area contributed by atoms with Gasteiger partial charge < -0.3 is 20.8 Å². The molecule has 4 aliphatic heterocycles. The summed E-state index contributed by atoms with van der Waals surface area (Å²) in [5.74, 6) is -0.769. The molecular formula is C35H26N4O13S4. The smallest absolute Gasteiger partial charge is 0.323 e. The highest BCUT2D eigenvalue weighted by molar-refractivity contribution is 7.94. The number of benzene rings is 6. The van der Waals surface area contributed by atoms with Gasteiger partial charge in [-0.3, -0.25) is 9.11 Å². The Morgan fingerprint density at radius 1 is 0.554 bits per heavy atom. The molecule has 4 aliphatic rings. The molecule has 21 heteroatoms. The van der Waals surface area contributed by atoms with Crippen molar-refractivity contribution < 1.29 is 57.8 Å². The van der Waals surface area contributed by atoms with Crippen molar-refractivity contribution in [3.8, 4) is 11.5 Å². The molecule has 4 bridgehead atoms. The number of hydrogen-bond donors (Lipinski definition) is 6. The first-order valence-corrected chi connectivity index (χ1v) is 21.8. The molecule has 56 heavy (non-hydrogen) atoms. The minimum atomic E-state index is -4.91. The van der Waals surface area contributed by atoms with Gasteiger partial charge in [0.05, 0.1) is 34.1 Å². The summed E-state index contributed by atoms with van der Waals surface area (Å²) >= 11 is 0. The van der Waals surface area contributed by atoms with Crippen molar-refractivity contribution in [2.45, 2.75) is 33.4 Å². The van der Waals surface area contributed by atoms with E-state index in [1.54, 1.807) is 0 Å². The third kappa shape index (κ3) is 5.27. The van der Waals surface area contributed by atoms with Gasteiger partial charge in [0.2, 0.25) is 0 Å². The molecule has 0 atom stereocenters. The Balaban J connectivity index is 1.19. The third-order valence-corrected chi connectivity index (χ3v) is 15.0. The number of sulfonamides is 2. The van der Waals surface area contributed by atoms with E-state index >= 15 is 0 Å². The van der Waals surface area contributed by atoms with E-state index in [9.17, 15) is 57.8 Å². The Bertz CT molecular complexity index is 3050. The summed E-state index contributed by atoms with van der Waals surface area (Å²) < 4.78 is 128. The van der Waals surface area contributed by atoms with Crippen molar-refractivity contribution in [3.63, 3.8) is 0 Å². The van der Waals surface area contributed by atoms with Gasteiger partial charge in [-0.05, 0) is 85.6 Å². The van der Waals surface area contributed by atoms with E-state index in [0.717, 1.165) is 32.9 Å². The third-order valence-electron chi connectivity index (χ3n) is 9.66. The van der Waals surface area contributed by atoms with Crippen LogP contribution in [0.15, 0.2) is 105 Å². The lowest BCUT2D eigenvalue weighted by Crippen LogP contribution is -2.35. The first kappa shape index (κ1) is 37.0. The summed E-state index contributed by atoms with van der Waals surface area (Å²) in [5.41, 5.74) is -0.437. The number of nitrogens with one attached hydrogen (secondary N) is 2. The number of phenolic OH excluding ortho intramolecular Hbond substituents is 2. The van der Waals surface area contributed by atoms with Gasteiger partial charge in [-0.15, -0.1) is 0 Å². The molecule has 6 aromatic rings. The molecule has 0 spiro atoms. The van der Waals surface area contributed by atoms with Gasteiger partial charge in [0.15, 0.2) is 0 Å². The number of carbonyl (C=O) groups is 1. The molecule has 0 aromatic heterocycles. The predicted octanol–water partition coefficient (Wildman–Crippen LogP) is 5.84. The lowest BCUT2D eigenvalue weighted by Gasteiger charge is -2.35. The monoisotopic (exact) mass is 838 g/mol. The Morgan fingerprint density at radius 3 is 1.27 bits per heavy atom. The SMILES string of the molecule is Cc1c2ccc(c1NC(=O)Nc1c3ccc(c1C)N(c1ccc(O)c4cccc(S(=O)(=O)O)c14)S3(=O)=O)S(=O)(=O)N2c1ccc(O)c2cccc(S(=O)(=O)O)c12. The molecule has 2 amide bonds. The quantitative estimate of drug-likeness (QED) is 0.108. The molecule has 6 N–H and O–H groups in total. The number of rotatable bonds is 6. The molecule has 0 saturated heterocycles. The second kappa shape index (κ2) is 12.0. The zero-order valence-electron chi connectivity index (χ0n) is 28.6. The molecule has 288 valence electrons. The van der Waals surface area contributed by atoms with Gasteiger partial charge in [-0.25, -0.2) is 30.2 Å². The first-order valence-electron chi connectivity index (χ1n) is 16.1. The Morgan fingerprint density at radius 2 is 0.911 bits per heavy atom. The maximum Gasteiger partial charge on any atom is 0.323 e. The van der Waals surface area contributed by atoms with Gasteiger partial charge in [0.25, 0.3) is 40.3 Å². The molecule has 0 unspecified atom stereocenters. The molecule has 4 heterocycles. The van der Waals surface area contributed by atoms with Crippen LogP contribution in [-0.4, -0.2) is 59.0 Å². The van der Waals surface area contributed by atoms with E-state index in [-0.39, 0.29) is 78.3 Å². The second-order valence-electron chi connectivity index (χ2n) is 12.8. The van der Waals surface area contributed by atoms with E-state index in [1.165, 1.54) is 74.5 Å². The number of fused-ring (bicyclic) bond motifs is 8. The normalized spacial score (nSPS) is 15.4. The Hall–Kier alpha value is -5.97. The second-order valence-corrected chi connectivity index (χ2v) is 19.1. The molecule has 0 fully saturated rings. The Kier molecular flexibility index (Phi) is 7.93. The Labute approximate surface area is 318 Å². The average molecular weight is 839 g/mol. The highest BCUT2D eigenvalue weighted by Gasteiger charge is 2.41. The van der Waals surface area contributed by atoms with E-state index < -0.39 is 65.9 Å². The standard InChI is InChI=1S/C35H26N4O13S4/c1-17-21-11-15-29(53(43,44)38(21)23-9-13-25(40)19-5-3-7-27(31(19)23)55(47,48)49)33(17)36-35(42)37-34-18(2)22-12-16-30(34)54(45,46)39(22)24-10-14-26(41)20-6-4-8-28(32(20)24)56(50,51)52/h3-16,40-41H,1-2H3,(H2,36,37,42)(H,47,48,49)(H,50,51,52). The summed E-state index contributed by atoms with van der Waals surface area (Å²) in [4.78, 5) is 11.5. The van der Waals surface area contributed by atoms with Gasteiger partial charge in [-0.2, -0.15) is 16.8 Å². The number of urea groups is 1.